The van der Waals surface area contributed by atoms with E-state index in [2.05, 4.69) is 20.2 Å². The Balaban J connectivity index is 1.86. The highest BCUT2D eigenvalue weighted by molar-refractivity contribution is 5.52. The quantitative estimate of drug-likeness (QED) is 0.859. The Bertz CT molecular complexity index is 494. The van der Waals surface area contributed by atoms with E-state index in [1.165, 1.54) is 25.7 Å². The summed E-state index contributed by atoms with van der Waals surface area (Å²) >= 11 is 0. The molecule has 3 rings (SSSR count). The number of aryl methyl sites for hydroxylation is 1. The highest BCUT2D eigenvalue weighted by Crippen LogP contribution is 2.32. The van der Waals surface area contributed by atoms with Crippen LogP contribution in [0, 0.1) is 6.92 Å². The Morgan fingerprint density at radius 2 is 2.06 bits per heavy atom. The van der Waals surface area contributed by atoms with Crippen molar-refractivity contribution in [2.75, 3.05) is 0 Å². The van der Waals surface area contributed by atoms with Gasteiger partial charge in [0.2, 0.25) is 0 Å². The lowest BCUT2D eigenvalue weighted by Gasteiger charge is -2.01. The van der Waals surface area contributed by atoms with E-state index in [0.717, 1.165) is 22.9 Å². The van der Waals surface area contributed by atoms with Crippen molar-refractivity contribution in [2.45, 2.75) is 38.5 Å². The fourth-order valence-corrected chi connectivity index (χ4v) is 2.39. The average molecular weight is 228 g/mol. The van der Waals surface area contributed by atoms with Gasteiger partial charge in [0.1, 0.15) is 5.82 Å². The van der Waals surface area contributed by atoms with Crippen molar-refractivity contribution in [1.29, 1.82) is 0 Å². The summed E-state index contributed by atoms with van der Waals surface area (Å²) in [5.74, 6) is 2.38. The Morgan fingerprint density at radius 3 is 2.76 bits per heavy atom. The molecule has 1 saturated carbocycles. The van der Waals surface area contributed by atoms with Gasteiger partial charge in [-0.1, -0.05) is 12.8 Å². The first-order valence-corrected chi connectivity index (χ1v) is 6.18. The van der Waals surface area contributed by atoms with Crippen LogP contribution in [0.4, 0.5) is 0 Å². The van der Waals surface area contributed by atoms with Gasteiger partial charge < -0.3 is 0 Å². The van der Waals surface area contributed by atoms with Crippen LogP contribution in [0.3, 0.4) is 0 Å². The molecule has 1 fully saturated rings. The highest BCUT2D eigenvalue weighted by Gasteiger charge is 2.20. The minimum Gasteiger partial charge on any atom is -0.262 e. The molecule has 0 unspecified atom stereocenters. The van der Waals surface area contributed by atoms with E-state index in [1.807, 2.05) is 25.3 Å². The van der Waals surface area contributed by atoms with E-state index < -0.39 is 0 Å². The van der Waals surface area contributed by atoms with Crippen LogP contribution in [0.1, 0.15) is 43.1 Å². The minimum absolute atomic E-state index is 0.578. The number of pyridine rings is 1. The topological polar surface area (TPSA) is 54.5 Å². The smallest absolute Gasteiger partial charge is 0.182 e. The molecule has 0 aromatic carbocycles. The molecule has 2 aromatic rings. The van der Waals surface area contributed by atoms with E-state index in [-0.39, 0.29) is 0 Å². The van der Waals surface area contributed by atoms with Gasteiger partial charge >= 0.3 is 0 Å². The van der Waals surface area contributed by atoms with Gasteiger partial charge in [0.15, 0.2) is 5.82 Å². The van der Waals surface area contributed by atoms with Crippen molar-refractivity contribution < 1.29 is 0 Å². The second kappa shape index (κ2) is 4.28. The summed E-state index contributed by atoms with van der Waals surface area (Å²) in [6.07, 6.45) is 6.93. The molecular weight excluding hydrogens is 212 g/mol. The molecule has 1 aliphatic carbocycles. The van der Waals surface area contributed by atoms with Gasteiger partial charge in [0.05, 0.1) is 0 Å². The first-order chi connectivity index (χ1) is 8.33. The number of aromatic nitrogens is 4. The minimum atomic E-state index is 0.578. The number of nitrogens with zero attached hydrogens (tertiary/aromatic N) is 3. The summed E-state index contributed by atoms with van der Waals surface area (Å²) in [6, 6.07) is 4.00. The lowest BCUT2D eigenvalue weighted by molar-refractivity contribution is 0.672. The van der Waals surface area contributed by atoms with Crippen LogP contribution < -0.4 is 0 Å². The van der Waals surface area contributed by atoms with Crippen molar-refractivity contribution in [1.82, 2.24) is 20.2 Å². The summed E-state index contributed by atoms with van der Waals surface area (Å²) in [6.45, 7) is 1.98. The molecule has 1 aliphatic rings. The summed E-state index contributed by atoms with van der Waals surface area (Å²) in [5.41, 5.74) is 2.00. The Labute approximate surface area is 101 Å². The predicted molar refractivity (Wildman–Crippen MR) is 65.6 cm³/mol. The van der Waals surface area contributed by atoms with Crippen molar-refractivity contribution >= 4 is 0 Å². The lowest BCUT2D eigenvalue weighted by atomic mass is 10.1. The van der Waals surface area contributed by atoms with E-state index in [0.29, 0.717) is 5.92 Å². The van der Waals surface area contributed by atoms with E-state index >= 15 is 0 Å². The zero-order chi connectivity index (χ0) is 11.7. The number of nitrogens with one attached hydrogen (secondary N) is 1. The van der Waals surface area contributed by atoms with Gasteiger partial charge in [-0.3, -0.25) is 10.1 Å². The number of aromatic amines is 1. The van der Waals surface area contributed by atoms with E-state index in [9.17, 15) is 0 Å². The second-order valence-electron chi connectivity index (χ2n) is 4.71. The first-order valence-electron chi connectivity index (χ1n) is 6.18. The van der Waals surface area contributed by atoms with Gasteiger partial charge in [0, 0.05) is 23.4 Å². The maximum atomic E-state index is 4.59. The molecule has 0 atom stereocenters. The molecule has 0 amide bonds. The molecule has 4 nitrogen and oxygen atoms in total. The summed E-state index contributed by atoms with van der Waals surface area (Å²) in [4.78, 5) is 8.85. The lowest BCUT2D eigenvalue weighted by Crippen LogP contribution is -1.94. The third kappa shape index (κ3) is 2.07. The second-order valence-corrected chi connectivity index (χ2v) is 4.71. The molecule has 2 heterocycles. The van der Waals surface area contributed by atoms with Gasteiger partial charge in [-0.2, -0.15) is 5.10 Å². The average Bonchev–Trinajstić information content (AvgIpc) is 3.00. The summed E-state index contributed by atoms with van der Waals surface area (Å²) in [5, 5.41) is 7.36. The Kier molecular flexibility index (Phi) is 2.63. The molecule has 2 aromatic heterocycles. The van der Waals surface area contributed by atoms with Crippen molar-refractivity contribution in [3.63, 3.8) is 0 Å². The van der Waals surface area contributed by atoms with Gasteiger partial charge in [-0.25, -0.2) is 4.98 Å². The van der Waals surface area contributed by atoms with Gasteiger partial charge in [-0.15, -0.1) is 0 Å². The van der Waals surface area contributed by atoms with Crippen LogP contribution in [0.25, 0.3) is 11.4 Å². The van der Waals surface area contributed by atoms with Crippen LogP contribution in [-0.2, 0) is 0 Å². The third-order valence-corrected chi connectivity index (χ3v) is 3.41. The van der Waals surface area contributed by atoms with Crippen LogP contribution in [0.5, 0.6) is 0 Å². The highest BCUT2D eigenvalue weighted by atomic mass is 15.2. The van der Waals surface area contributed by atoms with Crippen LogP contribution in [0.2, 0.25) is 0 Å². The Morgan fingerprint density at radius 1 is 1.24 bits per heavy atom. The zero-order valence-electron chi connectivity index (χ0n) is 9.98. The molecule has 4 heteroatoms. The standard InChI is InChI=1S/C13H16N4/c1-9-6-7-11(8-14-9)13-15-12(16-17-13)10-4-2-3-5-10/h6-8,10H,2-5H2,1H3,(H,15,16,17). The number of hydrogen-bond acceptors (Lipinski definition) is 3. The van der Waals surface area contributed by atoms with E-state index in [1.54, 1.807) is 0 Å². The predicted octanol–water partition coefficient (Wildman–Crippen LogP) is 2.83. The van der Waals surface area contributed by atoms with Crippen LogP contribution in [0.15, 0.2) is 18.3 Å². The van der Waals surface area contributed by atoms with Crippen LogP contribution >= 0.6 is 0 Å². The number of H-pyrrole nitrogens is 1. The number of rotatable bonds is 2. The fraction of sp³-hybridized carbons (Fsp3) is 0.462. The van der Waals surface area contributed by atoms with Crippen LogP contribution in [-0.4, -0.2) is 20.2 Å². The summed E-state index contributed by atoms with van der Waals surface area (Å²) < 4.78 is 0. The van der Waals surface area contributed by atoms with Crippen molar-refractivity contribution in [3.8, 4) is 11.4 Å². The molecule has 0 radical (unpaired) electrons. The molecule has 0 spiro atoms. The van der Waals surface area contributed by atoms with Gasteiger partial charge in [0.25, 0.3) is 0 Å². The molecule has 0 saturated heterocycles. The normalized spacial score (nSPS) is 16.5. The van der Waals surface area contributed by atoms with Gasteiger partial charge in [-0.05, 0) is 31.9 Å². The Hall–Kier alpha value is -1.71. The van der Waals surface area contributed by atoms with Crippen molar-refractivity contribution in [2.24, 2.45) is 0 Å². The maximum Gasteiger partial charge on any atom is 0.182 e. The maximum absolute atomic E-state index is 4.59. The molecule has 1 N–H and O–H groups in total. The first kappa shape index (κ1) is 10.4. The van der Waals surface area contributed by atoms with E-state index in [4.69, 9.17) is 0 Å². The molecule has 0 aliphatic heterocycles. The summed E-state index contributed by atoms with van der Waals surface area (Å²) in [7, 11) is 0. The third-order valence-electron chi connectivity index (χ3n) is 3.41. The van der Waals surface area contributed by atoms with Crippen molar-refractivity contribution in [3.05, 3.63) is 29.8 Å². The zero-order valence-corrected chi connectivity index (χ0v) is 9.98. The molecule has 0 bridgehead atoms. The SMILES string of the molecule is Cc1ccc(-c2n[nH]c(C3CCCC3)n2)cn1. The monoisotopic (exact) mass is 228 g/mol. The molecule has 17 heavy (non-hydrogen) atoms. The largest absolute Gasteiger partial charge is 0.262 e. The molecule has 88 valence electrons. The number of hydrogen-bond donors (Lipinski definition) is 1. The fourth-order valence-electron chi connectivity index (χ4n) is 2.39. The molecular formula is C13H16N4.